The molecule has 152 valence electrons. The standard InChI is InChI=1S/C21H28FN3O3/c1-4-16(28-20-8-6-5-7-18(20)22)14-25-21(23-2)24-12-11-15-9-10-17(27-3)13-19(15)26/h5-10,13,16,26H,4,11-12,14H2,1-3H3,(H2,23,24,25). The summed E-state index contributed by atoms with van der Waals surface area (Å²) in [7, 11) is 3.24. The number of hydrogen-bond acceptors (Lipinski definition) is 4. The van der Waals surface area contributed by atoms with E-state index in [4.69, 9.17) is 9.47 Å². The second-order valence-electron chi connectivity index (χ2n) is 6.20. The molecule has 0 heterocycles. The number of hydrogen-bond donors (Lipinski definition) is 3. The number of phenols is 1. The first-order valence-electron chi connectivity index (χ1n) is 9.29. The van der Waals surface area contributed by atoms with Gasteiger partial charge in [0, 0.05) is 19.7 Å². The molecule has 0 aliphatic rings. The average molecular weight is 389 g/mol. The Kier molecular flexibility index (Phi) is 8.39. The molecule has 28 heavy (non-hydrogen) atoms. The van der Waals surface area contributed by atoms with Gasteiger partial charge in [0.1, 0.15) is 17.6 Å². The second-order valence-corrected chi connectivity index (χ2v) is 6.20. The van der Waals surface area contributed by atoms with Crippen LogP contribution in [0.15, 0.2) is 47.5 Å². The van der Waals surface area contributed by atoms with E-state index in [0.29, 0.717) is 31.2 Å². The van der Waals surface area contributed by atoms with Crippen LogP contribution in [0.4, 0.5) is 4.39 Å². The van der Waals surface area contributed by atoms with Crippen molar-refractivity contribution in [1.82, 2.24) is 10.6 Å². The lowest BCUT2D eigenvalue weighted by Crippen LogP contribution is -2.43. The normalized spacial score (nSPS) is 12.4. The minimum atomic E-state index is -0.372. The van der Waals surface area contributed by atoms with Crippen molar-refractivity contribution in [2.24, 2.45) is 4.99 Å². The smallest absolute Gasteiger partial charge is 0.191 e. The first-order valence-corrected chi connectivity index (χ1v) is 9.29. The Morgan fingerprint density at radius 2 is 2.00 bits per heavy atom. The maximum atomic E-state index is 13.7. The van der Waals surface area contributed by atoms with Gasteiger partial charge < -0.3 is 25.2 Å². The van der Waals surface area contributed by atoms with Crippen LogP contribution in [0, 0.1) is 5.82 Å². The van der Waals surface area contributed by atoms with Gasteiger partial charge in [-0.3, -0.25) is 4.99 Å². The number of benzene rings is 2. The number of guanidine groups is 1. The van der Waals surface area contributed by atoms with Gasteiger partial charge in [-0.05, 0) is 36.6 Å². The SMILES string of the molecule is CCC(CNC(=NC)NCCc1ccc(OC)cc1O)Oc1ccccc1F. The van der Waals surface area contributed by atoms with Gasteiger partial charge in [0.2, 0.25) is 0 Å². The average Bonchev–Trinajstić information content (AvgIpc) is 2.71. The molecular weight excluding hydrogens is 361 g/mol. The van der Waals surface area contributed by atoms with Crippen LogP contribution >= 0.6 is 0 Å². The van der Waals surface area contributed by atoms with Gasteiger partial charge in [-0.15, -0.1) is 0 Å². The highest BCUT2D eigenvalue weighted by Crippen LogP contribution is 2.23. The lowest BCUT2D eigenvalue weighted by molar-refractivity contribution is 0.191. The highest BCUT2D eigenvalue weighted by Gasteiger charge is 2.12. The Hall–Kier alpha value is -2.96. The first kappa shape index (κ1) is 21.3. The van der Waals surface area contributed by atoms with Gasteiger partial charge in [-0.2, -0.15) is 0 Å². The molecule has 2 rings (SSSR count). The van der Waals surface area contributed by atoms with Crippen molar-refractivity contribution in [2.75, 3.05) is 27.2 Å². The molecule has 0 aromatic heterocycles. The van der Waals surface area contributed by atoms with Crippen LogP contribution in [0.5, 0.6) is 17.2 Å². The third-order valence-corrected chi connectivity index (χ3v) is 4.29. The summed E-state index contributed by atoms with van der Waals surface area (Å²) in [6, 6.07) is 11.6. The van der Waals surface area contributed by atoms with Gasteiger partial charge in [0.05, 0.1) is 13.7 Å². The van der Waals surface area contributed by atoms with E-state index in [0.717, 1.165) is 12.0 Å². The van der Waals surface area contributed by atoms with Crippen LogP contribution in [0.1, 0.15) is 18.9 Å². The molecule has 3 N–H and O–H groups in total. The molecule has 1 atom stereocenters. The monoisotopic (exact) mass is 389 g/mol. The summed E-state index contributed by atoms with van der Waals surface area (Å²) in [4.78, 5) is 4.18. The van der Waals surface area contributed by atoms with Crippen LogP contribution in [0.25, 0.3) is 0 Å². The summed E-state index contributed by atoms with van der Waals surface area (Å²) in [5.41, 5.74) is 0.818. The molecule has 0 saturated heterocycles. The minimum Gasteiger partial charge on any atom is -0.508 e. The van der Waals surface area contributed by atoms with Crippen LogP contribution in [-0.4, -0.2) is 44.4 Å². The molecule has 0 spiro atoms. The van der Waals surface area contributed by atoms with Gasteiger partial charge in [0.15, 0.2) is 17.5 Å². The van der Waals surface area contributed by atoms with Crippen molar-refractivity contribution in [2.45, 2.75) is 25.9 Å². The molecule has 0 saturated carbocycles. The Labute approximate surface area is 165 Å². The van der Waals surface area contributed by atoms with Crippen LogP contribution in [-0.2, 0) is 6.42 Å². The zero-order valence-corrected chi connectivity index (χ0v) is 16.5. The molecule has 0 fully saturated rings. The van der Waals surface area contributed by atoms with Crippen molar-refractivity contribution in [3.63, 3.8) is 0 Å². The number of aliphatic imine (C=N–C) groups is 1. The molecule has 1 unspecified atom stereocenters. The topological polar surface area (TPSA) is 75.1 Å². The van der Waals surface area contributed by atoms with Crippen molar-refractivity contribution in [3.8, 4) is 17.2 Å². The molecular formula is C21H28FN3O3. The number of para-hydroxylation sites is 1. The first-order chi connectivity index (χ1) is 13.6. The number of aromatic hydroxyl groups is 1. The number of methoxy groups -OCH3 is 1. The van der Waals surface area contributed by atoms with E-state index in [1.54, 1.807) is 38.4 Å². The van der Waals surface area contributed by atoms with E-state index in [9.17, 15) is 9.50 Å². The van der Waals surface area contributed by atoms with Crippen molar-refractivity contribution in [1.29, 1.82) is 0 Å². The lowest BCUT2D eigenvalue weighted by atomic mass is 10.1. The third-order valence-electron chi connectivity index (χ3n) is 4.29. The molecule has 0 bridgehead atoms. The summed E-state index contributed by atoms with van der Waals surface area (Å²) < 4.78 is 24.6. The van der Waals surface area contributed by atoms with Gasteiger partial charge >= 0.3 is 0 Å². The van der Waals surface area contributed by atoms with Crippen molar-refractivity contribution in [3.05, 3.63) is 53.8 Å². The summed E-state index contributed by atoms with van der Waals surface area (Å²) in [5, 5.41) is 16.4. The highest BCUT2D eigenvalue weighted by molar-refractivity contribution is 5.79. The number of nitrogens with zero attached hydrogens (tertiary/aromatic N) is 1. The maximum Gasteiger partial charge on any atom is 0.191 e. The molecule has 0 amide bonds. The number of phenolic OH excluding ortho intramolecular Hbond substituents is 1. The summed E-state index contributed by atoms with van der Waals surface area (Å²) >= 11 is 0. The van der Waals surface area contributed by atoms with E-state index >= 15 is 0 Å². The largest absolute Gasteiger partial charge is 0.508 e. The fraction of sp³-hybridized carbons (Fsp3) is 0.381. The van der Waals surface area contributed by atoms with Crippen molar-refractivity contribution < 1.29 is 19.0 Å². The van der Waals surface area contributed by atoms with E-state index < -0.39 is 0 Å². The fourth-order valence-corrected chi connectivity index (χ4v) is 2.62. The molecule has 0 aliphatic carbocycles. The van der Waals surface area contributed by atoms with E-state index in [1.165, 1.54) is 6.07 Å². The van der Waals surface area contributed by atoms with Crippen molar-refractivity contribution >= 4 is 5.96 Å². The van der Waals surface area contributed by atoms with E-state index in [2.05, 4.69) is 15.6 Å². The molecule has 6 nitrogen and oxygen atoms in total. The van der Waals surface area contributed by atoms with E-state index in [-0.39, 0.29) is 23.4 Å². The number of rotatable bonds is 9. The van der Waals surface area contributed by atoms with E-state index in [1.807, 2.05) is 19.1 Å². The number of nitrogens with one attached hydrogen (secondary N) is 2. The Morgan fingerprint density at radius 1 is 1.21 bits per heavy atom. The summed E-state index contributed by atoms with van der Waals surface area (Å²) in [5.74, 6) is 1.31. The Balaban J connectivity index is 1.81. The molecule has 2 aromatic carbocycles. The molecule has 7 heteroatoms. The Bertz CT molecular complexity index is 783. The molecule has 2 aromatic rings. The van der Waals surface area contributed by atoms with Gasteiger partial charge in [-0.25, -0.2) is 4.39 Å². The fourth-order valence-electron chi connectivity index (χ4n) is 2.62. The Morgan fingerprint density at radius 3 is 2.64 bits per heavy atom. The summed E-state index contributed by atoms with van der Waals surface area (Å²) in [6.07, 6.45) is 1.15. The highest BCUT2D eigenvalue weighted by atomic mass is 19.1. The zero-order valence-electron chi connectivity index (χ0n) is 16.5. The van der Waals surface area contributed by atoms with Gasteiger partial charge in [0.25, 0.3) is 0 Å². The predicted octanol–water partition coefficient (Wildman–Crippen LogP) is 3.11. The molecule has 0 aliphatic heterocycles. The second kappa shape index (κ2) is 11.0. The summed E-state index contributed by atoms with van der Waals surface area (Å²) in [6.45, 7) is 3.05. The number of halogens is 1. The van der Waals surface area contributed by atoms with Crippen LogP contribution < -0.4 is 20.1 Å². The molecule has 0 radical (unpaired) electrons. The number of ether oxygens (including phenoxy) is 2. The minimum absolute atomic E-state index is 0.193. The van der Waals surface area contributed by atoms with Crippen LogP contribution in [0.3, 0.4) is 0 Å². The third kappa shape index (κ3) is 6.33. The quantitative estimate of drug-likeness (QED) is 0.454. The lowest BCUT2D eigenvalue weighted by Gasteiger charge is -2.20. The zero-order chi connectivity index (χ0) is 20.4. The maximum absolute atomic E-state index is 13.7. The van der Waals surface area contributed by atoms with Gasteiger partial charge in [-0.1, -0.05) is 25.1 Å². The van der Waals surface area contributed by atoms with Crippen LogP contribution in [0.2, 0.25) is 0 Å². The predicted molar refractivity (Wildman–Crippen MR) is 109 cm³/mol.